The average Bonchev–Trinajstić information content (AvgIpc) is 3.50. The summed E-state index contributed by atoms with van der Waals surface area (Å²) in [6.45, 7) is 1.45. The molecule has 15 nitrogen and oxygen atoms in total. The second-order valence-corrected chi connectivity index (χ2v) is 10.0. The minimum Gasteiger partial charge on any atom is -0.479 e. The van der Waals surface area contributed by atoms with Gasteiger partial charge in [-0.2, -0.15) is 15.1 Å². The summed E-state index contributed by atoms with van der Waals surface area (Å²) in [6, 6.07) is 1.68. The van der Waals surface area contributed by atoms with Crippen LogP contribution in [-0.4, -0.2) is 79.5 Å². The number of hydrogen-bond acceptors (Lipinski definition) is 12. The molecule has 0 saturated carbocycles. The highest BCUT2D eigenvalue weighted by Crippen LogP contribution is 2.35. The van der Waals surface area contributed by atoms with Crippen LogP contribution in [0.1, 0.15) is 18.9 Å². The van der Waals surface area contributed by atoms with E-state index < -0.39 is 21.4 Å². The first-order valence-corrected chi connectivity index (χ1v) is 12.5. The Balaban J connectivity index is 1.82. The van der Waals surface area contributed by atoms with E-state index in [0.717, 1.165) is 0 Å². The van der Waals surface area contributed by atoms with Crippen LogP contribution in [0.5, 0.6) is 11.8 Å². The van der Waals surface area contributed by atoms with E-state index in [1.165, 1.54) is 51.5 Å². The normalized spacial score (nSPS) is 13.2. The Kier molecular flexibility index (Phi) is 7.51. The maximum atomic E-state index is 13.5. The quantitative estimate of drug-likeness (QED) is 0.301. The summed E-state index contributed by atoms with van der Waals surface area (Å²) in [6.07, 6.45) is 4.63. The lowest BCUT2D eigenvalue weighted by molar-refractivity contribution is 0.0950. The number of aryl methyl sites for hydroxylation is 1. The number of halogens is 1. The molecule has 37 heavy (non-hydrogen) atoms. The topological polar surface area (TPSA) is 174 Å². The molecule has 17 heteroatoms. The molecule has 0 fully saturated rings. The van der Waals surface area contributed by atoms with Crippen molar-refractivity contribution in [1.29, 1.82) is 0 Å². The van der Waals surface area contributed by atoms with Gasteiger partial charge in [0, 0.05) is 32.7 Å². The van der Waals surface area contributed by atoms with Gasteiger partial charge in [-0.05, 0) is 13.0 Å². The Morgan fingerprint density at radius 3 is 2.22 bits per heavy atom. The van der Waals surface area contributed by atoms with Gasteiger partial charge in [0.1, 0.15) is 23.4 Å². The number of hydrogen-bond donors (Lipinski definition) is 1. The molecule has 1 N–H and O–H groups in total. The van der Waals surface area contributed by atoms with Gasteiger partial charge in [0.05, 0.1) is 19.2 Å². The van der Waals surface area contributed by atoms with Gasteiger partial charge in [-0.25, -0.2) is 23.0 Å². The molecular formula is C20H23ClN10O5S. The summed E-state index contributed by atoms with van der Waals surface area (Å²) in [5.74, 6) is 0.302. The number of nitrogens with zero attached hydrogens (tertiary/aromatic N) is 9. The predicted molar refractivity (Wildman–Crippen MR) is 131 cm³/mol. The van der Waals surface area contributed by atoms with E-state index in [2.05, 4.69) is 40.0 Å². The van der Waals surface area contributed by atoms with Gasteiger partial charge < -0.3 is 14.2 Å². The molecule has 0 spiro atoms. The number of aromatic nitrogens is 9. The van der Waals surface area contributed by atoms with Crippen molar-refractivity contribution in [2.75, 3.05) is 26.1 Å². The fourth-order valence-electron chi connectivity index (χ4n) is 3.46. The summed E-state index contributed by atoms with van der Waals surface area (Å²) in [5, 5.41) is 11.7. The molecule has 0 radical (unpaired) electrons. The molecule has 0 aliphatic carbocycles. The van der Waals surface area contributed by atoms with Crippen molar-refractivity contribution >= 4 is 27.6 Å². The Hall–Kier alpha value is -3.89. The van der Waals surface area contributed by atoms with Crippen LogP contribution in [0.3, 0.4) is 0 Å². The van der Waals surface area contributed by atoms with Crippen LogP contribution in [0, 0.1) is 0 Å². The summed E-state index contributed by atoms with van der Waals surface area (Å²) in [7, 11) is 1.71. The number of anilines is 1. The number of ether oxygens (including phenoxy) is 3. The van der Waals surface area contributed by atoms with Crippen molar-refractivity contribution in [2.45, 2.75) is 18.3 Å². The highest BCUT2D eigenvalue weighted by atomic mass is 35.5. The van der Waals surface area contributed by atoms with Crippen molar-refractivity contribution in [2.24, 2.45) is 7.05 Å². The van der Waals surface area contributed by atoms with Crippen molar-refractivity contribution in [3.05, 3.63) is 41.8 Å². The van der Waals surface area contributed by atoms with Crippen LogP contribution < -0.4 is 14.2 Å². The fourth-order valence-corrected chi connectivity index (χ4v) is 4.69. The number of sulfonamides is 1. The van der Waals surface area contributed by atoms with Crippen molar-refractivity contribution in [3.63, 3.8) is 0 Å². The number of methoxy groups -OCH3 is 3. The van der Waals surface area contributed by atoms with Crippen LogP contribution in [0.15, 0.2) is 31.0 Å². The smallest absolute Gasteiger partial charge is 0.245 e. The van der Waals surface area contributed by atoms with E-state index in [0.29, 0.717) is 10.7 Å². The standard InChI is InChI=1S/C20H23ClN10O5S/c1-11(15(34-3)16-22-8-12(21)9-23-16)37(32,33)29-20-27-26-17(13-6-7-30(2)28-13)31(20)14-18(35-4)24-10-25-19(14)36-5/h6-11,15H,1-5H3,(H,27,29). The van der Waals surface area contributed by atoms with E-state index >= 15 is 0 Å². The summed E-state index contributed by atoms with van der Waals surface area (Å²) in [4.78, 5) is 16.4. The molecular weight excluding hydrogens is 528 g/mol. The van der Waals surface area contributed by atoms with Gasteiger partial charge in [-0.1, -0.05) is 11.6 Å². The van der Waals surface area contributed by atoms with Crippen molar-refractivity contribution in [1.82, 2.24) is 44.5 Å². The molecule has 196 valence electrons. The zero-order valence-electron chi connectivity index (χ0n) is 20.4. The van der Waals surface area contributed by atoms with Crippen LogP contribution in [0.25, 0.3) is 17.2 Å². The molecule has 0 aromatic carbocycles. The maximum absolute atomic E-state index is 13.5. The Labute approximate surface area is 216 Å². The second-order valence-electron chi connectivity index (χ2n) is 7.57. The van der Waals surface area contributed by atoms with Crippen molar-refractivity contribution < 1.29 is 22.6 Å². The molecule has 0 aliphatic heterocycles. The lowest BCUT2D eigenvalue weighted by atomic mass is 10.2. The van der Waals surface area contributed by atoms with Crippen LogP contribution >= 0.6 is 11.6 Å². The molecule has 2 unspecified atom stereocenters. The maximum Gasteiger partial charge on any atom is 0.245 e. The largest absolute Gasteiger partial charge is 0.479 e. The molecule has 0 saturated heterocycles. The van der Waals surface area contributed by atoms with E-state index in [1.807, 2.05) is 0 Å². The molecule has 4 heterocycles. The summed E-state index contributed by atoms with van der Waals surface area (Å²) >= 11 is 5.86. The first-order chi connectivity index (χ1) is 17.7. The molecule has 0 bridgehead atoms. The molecule has 2 atom stereocenters. The number of nitrogens with one attached hydrogen (secondary N) is 1. The molecule has 4 aromatic rings. The first-order valence-electron chi connectivity index (χ1n) is 10.6. The van der Waals surface area contributed by atoms with E-state index in [9.17, 15) is 8.42 Å². The second kappa shape index (κ2) is 10.6. The molecule has 4 rings (SSSR count). The molecule has 0 amide bonds. The number of rotatable bonds is 10. The van der Waals surface area contributed by atoms with E-state index in [4.69, 9.17) is 25.8 Å². The highest BCUT2D eigenvalue weighted by molar-refractivity contribution is 7.93. The van der Waals surface area contributed by atoms with Crippen LogP contribution in [0.2, 0.25) is 5.02 Å². The first kappa shape index (κ1) is 26.2. The van der Waals surface area contributed by atoms with Crippen LogP contribution in [-0.2, 0) is 21.8 Å². The third-order valence-corrected chi connectivity index (χ3v) is 7.16. The van der Waals surface area contributed by atoms with E-state index in [1.54, 1.807) is 24.0 Å². The Morgan fingerprint density at radius 1 is 1.03 bits per heavy atom. The molecule has 0 aliphatic rings. The zero-order chi connectivity index (χ0) is 26.7. The van der Waals surface area contributed by atoms with Gasteiger partial charge in [0.2, 0.25) is 27.7 Å². The fraction of sp³-hybridized carbons (Fsp3) is 0.350. The van der Waals surface area contributed by atoms with Gasteiger partial charge in [0.25, 0.3) is 0 Å². The SMILES string of the molecule is COc1ncnc(OC)c1-n1c(NS(=O)(=O)C(C)C(OC)c2ncc(Cl)cn2)nnc1-c1ccn(C)n1. The zero-order valence-corrected chi connectivity index (χ0v) is 22.0. The third kappa shape index (κ3) is 5.16. The van der Waals surface area contributed by atoms with Gasteiger partial charge >= 0.3 is 0 Å². The summed E-state index contributed by atoms with van der Waals surface area (Å²) in [5.41, 5.74) is 0.554. The predicted octanol–water partition coefficient (Wildman–Crippen LogP) is 1.44. The Morgan fingerprint density at radius 2 is 1.68 bits per heavy atom. The monoisotopic (exact) mass is 550 g/mol. The molecule has 4 aromatic heterocycles. The Bertz CT molecular complexity index is 1470. The van der Waals surface area contributed by atoms with E-state index in [-0.39, 0.29) is 35.0 Å². The summed E-state index contributed by atoms with van der Waals surface area (Å²) < 4.78 is 48.7. The average molecular weight is 551 g/mol. The lowest BCUT2D eigenvalue weighted by Crippen LogP contribution is -2.33. The minimum absolute atomic E-state index is 0.0849. The minimum atomic E-state index is -4.18. The van der Waals surface area contributed by atoms with Gasteiger partial charge in [0.15, 0.2) is 17.3 Å². The van der Waals surface area contributed by atoms with Crippen molar-refractivity contribution in [3.8, 4) is 29.0 Å². The highest BCUT2D eigenvalue weighted by Gasteiger charge is 2.35. The van der Waals surface area contributed by atoms with Gasteiger partial charge in [-0.15, -0.1) is 10.2 Å². The van der Waals surface area contributed by atoms with Crippen LogP contribution in [0.4, 0.5) is 5.95 Å². The lowest BCUT2D eigenvalue weighted by Gasteiger charge is -2.22. The third-order valence-electron chi connectivity index (χ3n) is 5.27. The van der Waals surface area contributed by atoms with Gasteiger partial charge in [-0.3, -0.25) is 9.40 Å².